The highest BCUT2D eigenvalue weighted by Gasteiger charge is 2.23. The van der Waals surface area contributed by atoms with Gasteiger partial charge in [0.05, 0.1) is 17.2 Å². The maximum Gasteiger partial charge on any atom is 0.265 e. The van der Waals surface area contributed by atoms with Gasteiger partial charge in [0, 0.05) is 12.4 Å². The molecule has 114 valence electrons. The molecular formula is C17H18N2O2S. The third kappa shape index (κ3) is 2.64. The molecule has 0 bridgehead atoms. The summed E-state index contributed by atoms with van der Waals surface area (Å²) in [5, 5.41) is 2.03. The molecule has 0 spiro atoms. The second kappa shape index (κ2) is 5.93. The van der Waals surface area contributed by atoms with Crippen LogP contribution in [0.15, 0.2) is 40.9 Å². The molecule has 0 aliphatic carbocycles. The van der Waals surface area contributed by atoms with Crippen LogP contribution in [-0.4, -0.2) is 22.8 Å². The summed E-state index contributed by atoms with van der Waals surface area (Å²) in [7, 11) is 1.80. The zero-order valence-electron chi connectivity index (χ0n) is 12.9. The number of carbonyl (C=O) groups is 1. The predicted octanol–water partition coefficient (Wildman–Crippen LogP) is 4.28. The Morgan fingerprint density at radius 2 is 2.18 bits per heavy atom. The first-order valence-electron chi connectivity index (χ1n) is 7.30. The van der Waals surface area contributed by atoms with E-state index in [1.54, 1.807) is 18.1 Å². The molecule has 3 rings (SSSR count). The molecule has 0 N–H and O–H groups in total. The lowest BCUT2D eigenvalue weighted by Crippen LogP contribution is -2.28. The van der Waals surface area contributed by atoms with E-state index < -0.39 is 0 Å². The number of nitrogens with zero attached hydrogens (tertiary/aromatic N) is 2. The maximum absolute atomic E-state index is 12.6. The van der Waals surface area contributed by atoms with Gasteiger partial charge in [-0.2, -0.15) is 0 Å². The van der Waals surface area contributed by atoms with Gasteiger partial charge in [-0.05, 0) is 25.5 Å². The molecule has 2 heterocycles. The molecular weight excluding hydrogens is 296 g/mol. The first-order valence-corrected chi connectivity index (χ1v) is 8.12. The van der Waals surface area contributed by atoms with Gasteiger partial charge in [-0.3, -0.25) is 4.79 Å². The number of amides is 1. The molecule has 0 saturated carbocycles. The molecule has 0 aliphatic rings. The molecule has 1 unspecified atom stereocenters. The Bertz CT molecular complexity index is 773. The van der Waals surface area contributed by atoms with Crippen LogP contribution in [0.2, 0.25) is 0 Å². The lowest BCUT2D eigenvalue weighted by Gasteiger charge is -2.22. The van der Waals surface area contributed by atoms with E-state index in [9.17, 15) is 4.79 Å². The Kier molecular flexibility index (Phi) is 3.98. The molecule has 0 fully saturated rings. The number of benzene rings is 1. The number of para-hydroxylation sites is 1. The summed E-state index contributed by atoms with van der Waals surface area (Å²) in [6, 6.07) is 9.72. The van der Waals surface area contributed by atoms with Gasteiger partial charge in [0.2, 0.25) is 0 Å². The van der Waals surface area contributed by atoms with Crippen molar-refractivity contribution in [3.63, 3.8) is 0 Å². The van der Waals surface area contributed by atoms with Gasteiger partial charge in [0.1, 0.15) is 16.2 Å². The van der Waals surface area contributed by atoms with Crippen molar-refractivity contribution in [3.05, 3.63) is 52.2 Å². The zero-order valence-corrected chi connectivity index (χ0v) is 13.7. The van der Waals surface area contributed by atoms with Crippen LogP contribution in [0.5, 0.6) is 0 Å². The van der Waals surface area contributed by atoms with Crippen LogP contribution < -0.4 is 0 Å². The van der Waals surface area contributed by atoms with Crippen molar-refractivity contribution >= 4 is 28.2 Å². The van der Waals surface area contributed by atoms with E-state index >= 15 is 0 Å². The number of aryl methyl sites for hydroxylation is 1. The molecule has 0 radical (unpaired) electrons. The van der Waals surface area contributed by atoms with Gasteiger partial charge < -0.3 is 9.32 Å². The van der Waals surface area contributed by atoms with E-state index in [-0.39, 0.29) is 11.9 Å². The number of carbonyl (C=O) groups excluding carboxylic acids is 1. The fourth-order valence-electron chi connectivity index (χ4n) is 2.32. The Morgan fingerprint density at radius 1 is 1.41 bits per heavy atom. The maximum atomic E-state index is 12.6. The van der Waals surface area contributed by atoms with Crippen LogP contribution in [0.3, 0.4) is 0 Å². The largest absolute Gasteiger partial charge is 0.459 e. The number of furan rings is 1. The Balaban J connectivity index is 1.83. The summed E-state index contributed by atoms with van der Waals surface area (Å²) in [5.74, 6) is 0.766. The summed E-state index contributed by atoms with van der Waals surface area (Å²) >= 11 is 1.45. The summed E-state index contributed by atoms with van der Waals surface area (Å²) in [6.45, 7) is 4.01. The van der Waals surface area contributed by atoms with Crippen LogP contribution >= 0.6 is 11.3 Å². The monoisotopic (exact) mass is 314 g/mol. The first kappa shape index (κ1) is 14.8. The molecule has 0 saturated heterocycles. The highest BCUT2D eigenvalue weighted by Crippen LogP contribution is 2.28. The number of hydrogen-bond donors (Lipinski definition) is 0. The summed E-state index contributed by atoms with van der Waals surface area (Å²) in [5.41, 5.74) is 0.844. The average Bonchev–Trinajstić information content (AvgIpc) is 3.18. The normalized spacial score (nSPS) is 12.5. The van der Waals surface area contributed by atoms with Crippen molar-refractivity contribution in [2.45, 2.75) is 26.3 Å². The van der Waals surface area contributed by atoms with Gasteiger partial charge in [0.25, 0.3) is 5.91 Å². The SMILES string of the molecule is CCc1ncc(C(=O)N(C)C(C)c2cc3ccccc3o2)s1. The van der Waals surface area contributed by atoms with Crippen molar-refractivity contribution in [3.8, 4) is 0 Å². The zero-order chi connectivity index (χ0) is 15.7. The topological polar surface area (TPSA) is 46.3 Å². The van der Waals surface area contributed by atoms with Crippen molar-refractivity contribution in [2.75, 3.05) is 7.05 Å². The van der Waals surface area contributed by atoms with Gasteiger partial charge in [-0.25, -0.2) is 4.98 Å². The highest BCUT2D eigenvalue weighted by molar-refractivity contribution is 7.13. The van der Waals surface area contributed by atoms with Crippen molar-refractivity contribution in [1.82, 2.24) is 9.88 Å². The average molecular weight is 314 g/mol. The highest BCUT2D eigenvalue weighted by atomic mass is 32.1. The van der Waals surface area contributed by atoms with E-state index in [1.807, 2.05) is 44.2 Å². The Morgan fingerprint density at radius 3 is 2.86 bits per heavy atom. The minimum Gasteiger partial charge on any atom is -0.459 e. The third-order valence-corrected chi connectivity index (χ3v) is 4.95. The molecule has 5 heteroatoms. The fraction of sp³-hybridized carbons (Fsp3) is 0.294. The number of hydrogen-bond acceptors (Lipinski definition) is 4. The molecule has 1 aromatic carbocycles. The smallest absolute Gasteiger partial charge is 0.265 e. The molecule has 1 atom stereocenters. The summed E-state index contributed by atoms with van der Waals surface area (Å²) in [6.07, 6.45) is 2.51. The van der Waals surface area contributed by atoms with Gasteiger partial charge >= 0.3 is 0 Å². The second-order valence-electron chi connectivity index (χ2n) is 5.25. The summed E-state index contributed by atoms with van der Waals surface area (Å²) in [4.78, 5) is 19.2. The quantitative estimate of drug-likeness (QED) is 0.722. The van der Waals surface area contributed by atoms with E-state index in [2.05, 4.69) is 4.98 Å². The Labute approximate surface area is 133 Å². The van der Waals surface area contributed by atoms with Crippen LogP contribution in [-0.2, 0) is 6.42 Å². The van der Waals surface area contributed by atoms with Crippen LogP contribution in [0, 0.1) is 0 Å². The third-order valence-electron chi connectivity index (χ3n) is 3.82. The molecule has 1 amide bonds. The van der Waals surface area contributed by atoms with Crippen LogP contribution in [0.1, 0.15) is 40.3 Å². The minimum atomic E-state index is -0.132. The van der Waals surface area contributed by atoms with Crippen LogP contribution in [0.4, 0.5) is 0 Å². The minimum absolute atomic E-state index is 0.0230. The molecule has 0 aliphatic heterocycles. The lowest BCUT2D eigenvalue weighted by molar-refractivity contribution is 0.0732. The van der Waals surface area contributed by atoms with Gasteiger partial charge in [-0.15, -0.1) is 11.3 Å². The van der Waals surface area contributed by atoms with E-state index in [0.717, 1.165) is 28.2 Å². The van der Waals surface area contributed by atoms with E-state index in [4.69, 9.17) is 4.42 Å². The second-order valence-corrected chi connectivity index (χ2v) is 6.37. The molecule has 3 aromatic rings. The Hall–Kier alpha value is -2.14. The molecule has 2 aromatic heterocycles. The van der Waals surface area contributed by atoms with Crippen molar-refractivity contribution in [1.29, 1.82) is 0 Å². The van der Waals surface area contributed by atoms with Crippen LogP contribution in [0.25, 0.3) is 11.0 Å². The standard InChI is InChI=1S/C17H18N2O2S/c1-4-16-18-10-15(22-16)17(20)19(3)11(2)14-9-12-7-5-6-8-13(12)21-14/h5-11H,4H2,1-3H3. The van der Waals surface area contributed by atoms with Crippen molar-refractivity contribution in [2.24, 2.45) is 0 Å². The molecule has 22 heavy (non-hydrogen) atoms. The summed E-state index contributed by atoms with van der Waals surface area (Å²) < 4.78 is 5.86. The lowest BCUT2D eigenvalue weighted by atomic mass is 10.2. The van der Waals surface area contributed by atoms with E-state index in [1.165, 1.54) is 11.3 Å². The predicted molar refractivity (Wildman–Crippen MR) is 88.2 cm³/mol. The molecule has 4 nitrogen and oxygen atoms in total. The van der Waals surface area contributed by atoms with Gasteiger partial charge in [-0.1, -0.05) is 25.1 Å². The first-order chi connectivity index (χ1) is 10.6. The fourth-order valence-corrected chi connectivity index (χ4v) is 3.16. The number of rotatable bonds is 4. The number of thiazole rings is 1. The number of fused-ring (bicyclic) bond motifs is 1. The van der Waals surface area contributed by atoms with Gasteiger partial charge in [0.15, 0.2) is 0 Å². The number of aromatic nitrogens is 1. The van der Waals surface area contributed by atoms with E-state index in [0.29, 0.717) is 4.88 Å². The van der Waals surface area contributed by atoms with Crippen molar-refractivity contribution < 1.29 is 9.21 Å².